The fourth-order valence-electron chi connectivity index (χ4n) is 1.21. The lowest BCUT2D eigenvalue weighted by Crippen LogP contribution is -1.95. The van der Waals surface area contributed by atoms with Gasteiger partial charge in [0.1, 0.15) is 5.76 Å². The summed E-state index contributed by atoms with van der Waals surface area (Å²) in [6.45, 7) is 0.336. The number of hydrogen-bond donors (Lipinski definition) is 1. The zero-order chi connectivity index (χ0) is 9.80. The van der Waals surface area contributed by atoms with Crippen molar-refractivity contribution in [2.75, 3.05) is 0 Å². The highest BCUT2D eigenvalue weighted by atomic mass is 16.4. The van der Waals surface area contributed by atoms with Crippen molar-refractivity contribution >= 4 is 0 Å². The van der Waals surface area contributed by atoms with Crippen molar-refractivity contribution in [3.63, 3.8) is 0 Å². The molecule has 4 heteroatoms. The van der Waals surface area contributed by atoms with Crippen LogP contribution in [0.1, 0.15) is 17.3 Å². The lowest BCUT2D eigenvalue weighted by atomic mass is 10.2. The molecule has 0 aliphatic heterocycles. The van der Waals surface area contributed by atoms with E-state index >= 15 is 0 Å². The SMILES string of the molecule is NCc1ncc(Cc2ccccn2)o1. The van der Waals surface area contributed by atoms with Gasteiger partial charge in [0.15, 0.2) is 0 Å². The summed E-state index contributed by atoms with van der Waals surface area (Å²) in [4.78, 5) is 8.20. The van der Waals surface area contributed by atoms with Crippen LogP contribution in [0.3, 0.4) is 0 Å². The molecule has 14 heavy (non-hydrogen) atoms. The van der Waals surface area contributed by atoms with Crippen molar-refractivity contribution in [1.29, 1.82) is 0 Å². The van der Waals surface area contributed by atoms with Gasteiger partial charge in [-0.3, -0.25) is 4.98 Å². The molecule has 2 rings (SSSR count). The molecule has 0 bridgehead atoms. The summed E-state index contributed by atoms with van der Waals surface area (Å²) in [7, 11) is 0. The molecule has 0 spiro atoms. The van der Waals surface area contributed by atoms with Crippen LogP contribution in [0.4, 0.5) is 0 Å². The standard InChI is InChI=1S/C10H11N3O/c11-6-10-13-7-9(14-10)5-8-3-1-2-4-12-8/h1-4,7H,5-6,11H2. The average molecular weight is 189 g/mol. The average Bonchev–Trinajstić information content (AvgIpc) is 2.67. The Bertz CT molecular complexity index is 397. The van der Waals surface area contributed by atoms with Gasteiger partial charge in [-0.1, -0.05) is 6.07 Å². The molecular formula is C10H11N3O. The van der Waals surface area contributed by atoms with Crippen molar-refractivity contribution in [3.8, 4) is 0 Å². The van der Waals surface area contributed by atoms with E-state index in [1.54, 1.807) is 12.4 Å². The molecule has 2 heterocycles. The molecule has 0 saturated carbocycles. The largest absolute Gasteiger partial charge is 0.444 e. The predicted molar refractivity (Wildman–Crippen MR) is 51.4 cm³/mol. The fourth-order valence-corrected chi connectivity index (χ4v) is 1.21. The molecule has 2 aromatic rings. The molecule has 0 aromatic carbocycles. The molecule has 0 aliphatic rings. The van der Waals surface area contributed by atoms with Gasteiger partial charge in [0.2, 0.25) is 5.89 Å². The Morgan fingerprint density at radius 3 is 2.86 bits per heavy atom. The van der Waals surface area contributed by atoms with Gasteiger partial charge in [-0.15, -0.1) is 0 Å². The van der Waals surface area contributed by atoms with Gasteiger partial charge in [0.25, 0.3) is 0 Å². The van der Waals surface area contributed by atoms with Crippen molar-refractivity contribution in [2.24, 2.45) is 5.73 Å². The first kappa shape index (κ1) is 8.90. The van der Waals surface area contributed by atoms with Crippen LogP contribution in [0.15, 0.2) is 35.0 Å². The first-order valence-electron chi connectivity index (χ1n) is 4.42. The topological polar surface area (TPSA) is 64.9 Å². The first-order chi connectivity index (χ1) is 6.88. The Kier molecular flexibility index (Phi) is 2.55. The minimum absolute atomic E-state index is 0.336. The number of oxazole rings is 1. The molecule has 0 amide bonds. The van der Waals surface area contributed by atoms with Gasteiger partial charge < -0.3 is 10.2 Å². The highest BCUT2D eigenvalue weighted by Crippen LogP contribution is 2.08. The van der Waals surface area contributed by atoms with E-state index in [9.17, 15) is 0 Å². The molecule has 4 nitrogen and oxygen atoms in total. The van der Waals surface area contributed by atoms with Gasteiger partial charge >= 0.3 is 0 Å². The summed E-state index contributed by atoms with van der Waals surface area (Å²) < 4.78 is 5.36. The lowest BCUT2D eigenvalue weighted by molar-refractivity contribution is 0.463. The van der Waals surface area contributed by atoms with Crippen LogP contribution in [0, 0.1) is 0 Å². The number of pyridine rings is 1. The number of rotatable bonds is 3. The van der Waals surface area contributed by atoms with Crippen LogP contribution < -0.4 is 5.73 Å². The Morgan fingerprint density at radius 2 is 2.21 bits per heavy atom. The highest BCUT2D eigenvalue weighted by Gasteiger charge is 2.03. The van der Waals surface area contributed by atoms with Crippen molar-refractivity contribution in [1.82, 2.24) is 9.97 Å². The van der Waals surface area contributed by atoms with Gasteiger partial charge in [-0.2, -0.15) is 0 Å². The Balaban J connectivity index is 2.11. The van der Waals surface area contributed by atoms with Crippen LogP contribution in [0.5, 0.6) is 0 Å². The molecule has 0 radical (unpaired) electrons. The predicted octanol–water partition coefficient (Wildman–Crippen LogP) is 1.12. The second-order valence-electron chi connectivity index (χ2n) is 2.92. The minimum Gasteiger partial charge on any atom is -0.444 e. The van der Waals surface area contributed by atoms with E-state index in [-0.39, 0.29) is 0 Å². The minimum atomic E-state index is 0.336. The summed E-state index contributed by atoms with van der Waals surface area (Å²) in [6.07, 6.45) is 4.11. The van der Waals surface area contributed by atoms with Crippen LogP contribution >= 0.6 is 0 Å². The van der Waals surface area contributed by atoms with E-state index in [2.05, 4.69) is 9.97 Å². The number of nitrogens with two attached hydrogens (primary N) is 1. The molecular weight excluding hydrogens is 178 g/mol. The van der Waals surface area contributed by atoms with Crippen LogP contribution in [-0.2, 0) is 13.0 Å². The third-order valence-electron chi connectivity index (χ3n) is 1.86. The molecule has 0 saturated heterocycles. The molecule has 2 N–H and O–H groups in total. The molecule has 72 valence electrons. The fraction of sp³-hybridized carbons (Fsp3) is 0.200. The van der Waals surface area contributed by atoms with Crippen LogP contribution in [0.25, 0.3) is 0 Å². The van der Waals surface area contributed by atoms with E-state index in [1.807, 2.05) is 18.2 Å². The van der Waals surface area contributed by atoms with Crippen molar-refractivity contribution in [3.05, 3.63) is 47.9 Å². The maximum atomic E-state index is 5.38. The van der Waals surface area contributed by atoms with Crippen LogP contribution in [0.2, 0.25) is 0 Å². The quantitative estimate of drug-likeness (QED) is 0.785. The number of aromatic nitrogens is 2. The Labute approximate surface area is 81.8 Å². The molecule has 0 unspecified atom stereocenters. The summed E-state index contributed by atoms with van der Waals surface area (Å²) in [5.74, 6) is 1.36. The number of hydrogen-bond acceptors (Lipinski definition) is 4. The van der Waals surface area contributed by atoms with Gasteiger partial charge in [0, 0.05) is 18.3 Å². The van der Waals surface area contributed by atoms with E-state index in [0.29, 0.717) is 18.9 Å². The van der Waals surface area contributed by atoms with E-state index < -0.39 is 0 Å². The number of nitrogens with zero attached hydrogens (tertiary/aromatic N) is 2. The van der Waals surface area contributed by atoms with E-state index in [1.165, 1.54) is 0 Å². The molecule has 0 fully saturated rings. The van der Waals surface area contributed by atoms with E-state index in [4.69, 9.17) is 10.2 Å². The summed E-state index contributed by atoms with van der Waals surface area (Å²) >= 11 is 0. The molecule has 2 aromatic heterocycles. The summed E-state index contributed by atoms with van der Waals surface area (Å²) in [5, 5.41) is 0. The lowest BCUT2D eigenvalue weighted by Gasteiger charge is -1.94. The van der Waals surface area contributed by atoms with Crippen molar-refractivity contribution < 1.29 is 4.42 Å². The van der Waals surface area contributed by atoms with Crippen LogP contribution in [-0.4, -0.2) is 9.97 Å². The third kappa shape index (κ3) is 1.97. The van der Waals surface area contributed by atoms with Gasteiger partial charge in [-0.05, 0) is 12.1 Å². The highest BCUT2D eigenvalue weighted by molar-refractivity contribution is 5.11. The van der Waals surface area contributed by atoms with Gasteiger partial charge in [0.05, 0.1) is 12.7 Å². The molecule has 0 atom stereocenters. The molecule has 0 aliphatic carbocycles. The summed E-state index contributed by atoms with van der Waals surface area (Å²) in [5.41, 5.74) is 6.35. The Morgan fingerprint density at radius 1 is 1.29 bits per heavy atom. The van der Waals surface area contributed by atoms with E-state index in [0.717, 1.165) is 11.5 Å². The zero-order valence-electron chi connectivity index (χ0n) is 7.68. The maximum Gasteiger partial charge on any atom is 0.208 e. The zero-order valence-corrected chi connectivity index (χ0v) is 7.68. The first-order valence-corrected chi connectivity index (χ1v) is 4.42. The summed E-state index contributed by atoms with van der Waals surface area (Å²) in [6, 6.07) is 5.78. The second-order valence-corrected chi connectivity index (χ2v) is 2.92. The monoisotopic (exact) mass is 189 g/mol. The Hall–Kier alpha value is -1.68. The maximum absolute atomic E-state index is 5.38. The second kappa shape index (κ2) is 4.02. The normalized spacial score (nSPS) is 10.4. The van der Waals surface area contributed by atoms with Crippen molar-refractivity contribution in [2.45, 2.75) is 13.0 Å². The third-order valence-corrected chi connectivity index (χ3v) is 1.86. The van der Waals surface area contributed by atoms with Gasteiger partial charge in [-0.25, -0.2) is 4.98 Å². The smallest absolute Gasteiger partial charge is 0.208 e.